The zero-order valence-corrected chi connectivity index (χ0v) is 20.6. The third kappa shape index (κ3) is 3.18. The van der Waals surface area contributed by atoms with Crippen LogP contribution in [-0.2, 0) is 0 Å². The van der Waals surface area contributed by atoms with E-state index in [9.17, 15) is 0 Å². The van der Waals surface area contributed by atoms with E-state index in [1.54, 1.807) is 11.3 Å². The highest BCUT2D eigenvalue weighted by Gasteiger charge is 2.13. The van der Waals surface area contributed by atoms with Crippen LogP contribution in [0.4, 0.5) is 0 Å². The van der Waals surface area contributed by atoms with E-state index in [1.807, 2.05) is 24.4 Å². The molecule has 3 heterocycles. The third-order valence-electron chi connectivity index (χ3n) is 7.26. The Morgan fingerprint density at radius 2 is 1.35 bits per heavy atom. The highest BCUT2D eigenvalue weighted by atomic mass is 32.1. The SMILES string of the molecule is [2H]c1ccc2sc3ccc(-c4ccc(-c5ccc6ccc7cccnc7c6n5)c5ccccc45)cc3c2c1. The van der Waals surface area contributed by atoms with Crippen molar-refractivity contribution in [3.05, 3.63) is 121 Å². The van der Waals surface area contributed by atoms with Gasteiger partial charge in [-0.3, -0.25) is 4.98 Å². The van der Waals surface area contributed by atoms with E-state index in [1.165, 1.54) is 36.7 Å². The minimum atomic E-state index is 0.545. The average molecular weight is 490 g/mol. The summed E-state index contributed by atoms with van der Waals surface area (Å²) in [5.41, 5.74) is 6.29. The maximum Gasteiger partial charge on any atom is 0.0972 e. The van der Waals surface area contributed by atoms with Crippen LogP contribution >= 0.6 is 11.3 Å². The molecule has 3 heteroatoms. The molecule has 0 atom stereocenters. The van der Waals surface area contributed by atoms with Gasteiger partial charge in [-0.2, -0.15) is 0 Å². The fourth-order valence-corrected chi connectivity index (χ4v) is 6.55. The summed E-state index contributed by atoms with van der Waals surface area (Å²) in [6.07, 6.45) is 1.83. The molecule has 37 heavy (non-hydrogen) atoms. The van der Waals surface area contributed by atoms with E-state index in [0.717, 1.165) is 38.4 Å². The minimum Gasteiger partial charge on any atom is -0.254 e. The van der Waals surface area contributed by atoms with Crippen molar-refractivity contribution in [1.29, 1.82) is 0 Å². The van der Waals surface area contributed by atoms with E-state index < -0.39 is 0 Å². The largest absolute Gasteiger partial charge is 0.254 e. The predicted octanol–water partition coefficient (Wildman–Crippen LogP) is 9.64. The first kappa shape index (κ1) is 19.6. The van der Waals surface area contributed by atoms with Gasteiger partial charge in [-0.25, -0.2) is 4.98 Å². The summed E-state index contributed by atoms with van der Waals surface area (Å²) in [5.74, 6) is 0. The molecule has 0 aliphatic heterocycles. The Morgan fingerprint density at radius 1 is 0.568 bits per heavy atom. The lowest BCUT2D eigenvalue weighted by Gasteiger charge is -2.13. The fourth-order valence-electron chi connectivity index (χ4n) is 5.48. The molecule has 0 saturated carbocycles. The van der Waals surface area contributed by atoms with Gasteiger partial charge in [0.05, 0.1) is 18.1 Å². The standard InChI is InChI=1S/C34H20N2S/c1-2-8-26-25(7-1)24(23-14-18-32-29(20-23)28-9-3-4-10-31(28)37-32)15-16-27(26)30-17-13-22-12-11-21-6-5-19-35-33(21)34(22)36-30/h1-20H/i3D. The normalized spacial score (nSPS) is 12.2. The second-order valence-electron chi connectivity index (χ2n) is 9.35. The van der Waals surface area contributed by atoms with E-state index in [4.69, 9.17) is 6.35 Å². The Bertz CT molecular complexity index is 2210. The summed E-state index contributed by atoms with van der Waals surface area (Å²) in [5, 5.41) is 6.92. The third-order valence-corrected chi connectivity index (χ3v) is 8.41. The molecule has 2 nitrogen and oxygen atoms in total. The maximum absolute atomic E-state index is 8.11. The smallest absolute Gasteiger partial charge is 0.0972 e. The van der Waals surface area contributed by atoms with Crippen LogP contribution in [0, 0.1) is 0 Å². The van der Waals surface area contributed by atoms with Crippen LogP contribution in [0.5, 0.6) is 0 Å². The van der Waals surface area contributed by atoms with E-state index in [0.29, 0.717) is 6.04 Å². The van der Waals surface area contributed by atoms with Crippen LogP contribution < -0.4 is 0 Å². The van der Waals surface area contributed by atoms with Gasteiger partial charge in [0.2, 0.25) is 0 Å². The number of hydrogen-bond donors (Lipinski definition) is 0. The number of aromatic nitrogens is 2. The second-order valence-corrected chi connectivity index (χ2v) is 10.4. The molecule has 8 aromatic rings. The molecule has 172 valence electrons. The summed E-state index contributed by atoms with van der Waals surface area (Å²) >= 11 is 1.78. The number of fused-ring (bicyclic) bond motifs is 7. The Kier molecular flexibility index (Phi) is 4.21. The first-order chi connectivity index (χ1) is 18.7. The molecule has 0 N–H and O–H groups in total. The van der Waals surface area contributed by atoms with Gasteiger partial charge < -0.3 is 0 Å². The summed E-state index contributed by atoms with van der Waals surface area (Å²) in [4.78, 5) is 9.76. The molecule has 0 aliphatic carbocycles. The molecule has 5 aromatic carbocycles. The number of hydrogen-bond acceptors (Lipinski definition) is 3. The summed E-state index contributed by atoms with van der Waals surface area (Å²) in [7, 11) is 0. The summed E-state index contributed by atoms with van der Waals surface area (Å²) in [6.45, 7) is 0. The minimum absolute atomic E-state index is 0.545. The Balaban J connectivity index is 1.34. The molecular weight excluding hydrogens is 468 g/mol. The van der Waals surface area contributed by atoms with Crippen LogP contribution in [0.2, 0.25) is 0 Å². The van der Waals surface area contributed by atoms with Gasteiger partial charge in [0.15, 0.2) is 0 Å². The molecule has 3 aromatic heterocycles. The first-order valence-electron chi connectivity index (χ1n) is 12.8. The van der Waals surface area contributed by atoms with Gasteiger partial charge >= 0.3 is 0 Å². The van der Waals surface area contributed by atoms with Gasteiger partial charge in [0.25, 0.3) is 0 Å². The number of pyridine rings is 2. The van der Waals surface area contributed by atoms with Gasteiger partial charge in [0, 0.05) is 42.7 Å². The Hall–Kier alpha value is -4.60. The molecule has 0 amide bonds. The van der Waals surface area contributed by atoms with Gasteiger partial charge in [-0.05, 0) is 52.2 Å². The van der Waals surface area contributed by atoms with Crippen LogP contribution in [0.15, 0.2) is 121 Å². The van der Waals surface area contributed by atoms with Crippen molar-refractivity contribution in [2.75, 3.05) is 0 Å². The molecule has 0 saturated heterocycles. The highest BCUT2D eigenvalue weighted by Crippen LogP contribution is 2.40. The summed E-state index contributed by atoms with van der Waals surface area (Å²) in [6, 6.07) is 38.7. The van der Waals surface area contributed by atoms with Crippen LogP contribution in [0.1, 0.15) is 1.37 Å². The van der Waals surface area contributed by atoms with Crippen molar-refractivity contribution in [1.82, 2.24) is 9.97 Å². The monoisotopic (exact) mass is 489 g/mol. The molecule has 0 bridgehead atoms. The van der Waals surface area contributed by atoms with E-state index in [2.05, 4.69) is 96.0 Å². The molecule has 0 unspecified atom stereocenters. The number of rotatable bonds is 2. The quantitative estimate of drug-likeness (QED) is 0.226. The molecule has 0 spiro atoms. The van der Waals surface area contributed by atoms with Gasteiger partial charge in [-0.1, -0.05) is 84.9 Å². The zero-order chi connectivity index (χ0) is 25.2. The number of benzene rings is 5. The molecule has 0 radical (unpaired) electrons. The lowest BCUT2D eigenvalue weighted by atomic mass is 9.93. The Labute approximate surface area is 218 Å². The lowest BCUT2D eigenvalue weighted by molar-refractivity contribution is 1.37. The number of thiophene rings is 1. The average Bonchev–Trinajstić information content (AvgIpc) is 3.33. The first-order valence-corrected chi connectivity index (χ1v) is 13.1. The fraction of sp³-hybridized carbons (Fsp3) is 0. The lowest BCUT2D eigenvalue weighted by Crippen LogP contribution is -1.91. The van der Waals surface area contributed by atoms with Crippen molar-refractivity contribution < 1.29 is 1.37 Å². The van der Waals surface area contributed by atoms with Crippen molar-refractivity contribution in [3.63, 3.8) is 0 Å². The van der Waals surface area contributed by atoms with Crippen molar-refractivity contribution in [3.8, 4) is 22.4 Å². The summed E-state index contributed by atoms with van der Waals surface area (Å²) < 4.78 is 10.6. The molecule has 0 fully saturated rings. The van der Waals surface area contributed by atoms with Crippen molar-refractivity contribution in [2.45, 2.75) is 0 Å². The molecule has 0 aliphatic rings. The zero-order valence-electron chi connectivity index (χ0n) is 20.8. The van der Waals surface area contributed by atoms with E-state index >= 15 is 0 Å². The van der Waals surface area contributed by atoms with Gasteiger partial charge in [0.1, 0.15) is 0 Å². The number of nitrogens with zero attached hydrogens (tertiary/aromatic N) is 2. The Morgan fingerprint density at radius 3 is 2.27 bits per heavy atom. The molecule has 8 rings (SSSR count). The van der Waals surface area contributed by atoms with Crippen LogP contribution in [0.25, 0.3) is 75.1 Å². The highest BCUT2D eigenvalue weighted by molar-refractivity contribution is 7.25. The van der Waals surface area contributed by atoms with E-state index in [-0.39, 0.29) is 0 Å². The molecular formula is C34H20N2S. The van der Waals surface area contributed by atoms with Crippen LogP contribution in [0.3, 0.4) is 0 Å². The maximum atomic E-state index is 8.11. The predicted molar refractivity (Wildman–Crippen MR) is 158 cm³/mol. The second kappa shape index (κ2) is 7.95. The van der Waals surface area contributed by atoms with Crippen molar-refractivity contribution in [2.24, 2.45) is 0 Å². The topological polar surface area (TPSA) is 25.8 Å². The van der Waals surface area contributed by atoms with Crippen molar-refractivity contribution >= 4 is 64.1 Å². The van der Waals surface area contributed by atoms with Crippen LogP contribution in [-0.4, -0.2) is 9.97 Å². The van der Waals surface area contributed by atoms with Gasteiger partial charge in [-0.15, -0.1) is 11.3 Å².